The summed E-state index contributed by atoms with van der Waals surface area (Å²) in [7, 11) is 4.31. The molecule has 4 heteroatoms. The molecule has 6 aromatic carbocycles. The Morgan fingerprint density at radius 2 is 1.02 bits per heavy atom. The van der Waals surface area contributed by atoms with Crippen molar-refractivity contribution in [2.75, 3.05) is 35.3 Å². The van der Waals surface area contributed by atoms with Crippen LogP contribution in [-0.2, 0) is 17.3 Å². The number of rotatable bonds is 4. The molecule has 0 saturated heterocycles. The van der Waals surface area contributed by atoms with E-state index in [0.29, 0.717) is 0 Å². The molecule has 4 nitrogen and oxygen atoms in total. The van der Waals surface area contributed by atoms with Gasteiger partial charge in [-0.15, -0.1) is 0 Å². The number of nitrogens with zero attached hydrogens (tertiary/aromatic N) is 3. The highest BCUT2D eigenvalue weighted by Gasteiger charge is 2.44. The molecular formula is C46H43N3O. The minimum atomic E-state index is -0.242. The third-order valence-electron chi connectivity index (χ3n) is 11.6. The summed E-state index contributed by atoms with van der Waals surface area (Å²) in [6, 6.07) is 47.0. The van der Waals surface area contributed by atoms with E-state index in [9.17, 15) is 0 Å². The molecule has 6 aromatic rings. The summed E-state index contributed by atoms with van der Waals surface area (Å²) < 4.78 is 6.40. The predicted molar refractivity (Wildman–Crippen MR) is 208 cm³/mol. The standard InChI is InChI=1S/C46H43N3O/c1-30-19-22-39-35(25-30)45(2,3)36-27-31(26-32-21-24-42-44(28-32)50-43-18-12-11-17-41(43)48(42)6)20-23-40(36)49(39)29-46(4)33-13-7-9-15-37(33)47(5)38-16-10-8-14-34(38)46/h7-25,27-28H,26,29H2,1-6H3. The van der Waals surface area contributed by atoms with Gasteiger partial charge in [0.25, 0.3) is 0 Å². The average molecular weight is 654 g/mol. The zero-order chi connectivity index (χ0) is 34.4. The van der Waals surface area contributed by atoms with Crippen LogP contribution in [0.2, 0.25) is 0 Å². The average Bonchev–Trinajstić information content (AvgIpc) is 3.13. The van der Waals surface area contributed by atoms with Crippen molar-refractivity contribution >= 4 is 34.1 Å². The second-order valence-electron chi connectivity index (χ2n) is 15.1. The third-order valence-corrected chi connectivity index (χ3v) is 11.6. The molecular weight excluding hydrogens is 611 g/mol. The van der Waals surface area contributed by atoms with Crippen LogP contribution in [-0.4, -0.2) is 20.6 Å². The Labute approximate surface area is 296 Å². The smallest absolute Gasteiger partial charge is 0.151 e. The first-order valence-electron chi connectivity index (χ1n) is 17.7. The molecule has 3 aliphatic heterocycles. The number of hydrogen-bond acceptors (Lipinski definition) is 4. The molecule has 0 aromatic heterocycles. The van der Waals surface area contributed by atoms with Crippen molar-refractivity contribution in [3.8, 4) is 11.5 Å². The number of aryl methyl sites for hydroxylation is 1. The van der Waals surface area contributed by atoms with Gasteiger partial charge in [-0.2, -0.15) is 0 Å². The van der Waals surface area contributed by atoms with E-state index >= 15 is 0 Å². The summed E-state index contributed by atoms with van der Waals surface area (Å²) in [5.74, 6) is 1.80. The Hall–Kier alpha value is -5.48. The van der Waals surface area contributed by atoms with E-state index in [1.807, 2.05) is 12.1 Å². The van der Waals surface area contributed by atoms with Gasteiger partial charge in [0.2, 0.25) is 0 Å². The zero-order valence-electron chi connectivity index (χ0n) is 29.8. The van der Waals surface area contributed by atoms with Gasteiger partial charge in [0.1, 0.15) is 0 Å². The first kappa shape index (κ1) is 30.6. The van der Waals surface area contributed by atoms with Crippen molar-refractivity contribution in [3.63, 3.8) is 0 Å². The molecule has 0 bridgehead atoms. The second kappa shape index (κ2) is 11.0. The van der Waals surface area contributed by atoms with E-state index < -0.39 is 0 Å². The molecule has 0 saturated carbocycles. The first-order valence-corrected chi connectivity index (χ1v) is 17.7. The molecule has 9 rings (SSSR count). The van der Waals surface area contributed by atoms with E-state index in [-0.39, 0.29) is 10.8 Å². The van der Waals surface area contributed by atoms with Gasteiger partial charge in [0.15, 0.2) is 11.5 Å². The van der Waals surface area contributed by atoms with Gasteiger partial charge in [-0.1, -0.05) is 98.3 Å². The first-order chi connectivity index (χ1) is 24.1. The highest BCUT2D eigenvalue weighted by Crippen LogP contribution is 2.54. The Morgan fingerprint density at radius 3 is 1.72 bits per heavy atom. The van der Waals surface area contributed by atoms with Crippen molar-refractivity contribution in [2.45, 2.75) is 44.9 Å². The maximum Gasteiger partial charge on any atom is 0.151 e. The lowest BCUT2D eigenvalue weighted by molar-refractivity contribution is 0.475. The summed E-state index contributed by atoms with van der Waals surface area (Å²) in [6.07, 6.45) is 0.830. The topological polar surface area (TPSA) is 19.0 Å². The van der Waals surface area contributed by atoms with Crippen molar-refractivity contribution in [2.24, 2.45) is 0 Å². The Bertz CT molecular complexity index is 2270. The van der Waals surface area contributed by atoms with Gasteiger partial charge in [-0.05, 0) is 102 Å². The van der Waals surface area contributed by atoms with Crippen LogP contribution in [0.4, 0.5) is 34.1 Å². The Balaban J connectivity index is 1.13. The molecule has 3 aliphatic rings. The largest absolute Gasteiger partial charge is 0.453 e. The molecule has 3 heterocycles. The second-order valence-corrected chi connectivity index (χ2v) is 15.1. The van der Waals surface area contributed by atoms with Crippen molar-refractivity contribution in [1.29, 1.82) is 0 Å². The normalized spacial score (nSPS) is 15.9. The molecule has 0 spiro atoms. The van der Waals surface area contributed by atoms with Crippen LogP contribution in [0.3, 0.4) is 0 Å². The monoisotopic (exact) mass is 653 g/mol. The maximum atomic E-state index is 6.40. The Morgan fingerprint density at radius 1 is 0.500 bits per heavy atom. The highest BCUT2D eigenvalue weighted by atomic mass is 16.5. The number of fused-ring (bicyclic) bond motifs is 6. The summed E-state index contributed by atoms with van der Waals surface area (Å²) in [6.45, 7) is 10.3. The van der Waals surface area contributed by atoms with Crippen LogP contribution in [0.15, 0.2) is 127 Å². The fourth-order valence-corrected chi connectivity index (χ4v) is 8.82. The molecule has 0 aliphatic carbocycles. The van der Waals surface area contributed by atoms with Gasteiger partial charge in [-0.25, -0.2) is 0 Å². The molecule has 0 unspecified atom stereocenters. The minimum absolute atomic E-state index is 0.169. The number of hydrogen-bond donors (Lipinski definition) is 0. The van der Waals surface area contributed by atoms with E-state index in [1.165, 1.54) is 61.7 Å². The lowest BCUT2D eigenvalue weighted by Gasteiger charge is -2.48. The van der Waals surface area contributed by atoms with Crippen LogP contribution in [0.5, 0.6) is 11.5 Å². The van der Waals surface area contributed by atoms with Crippen LogP contribution < -0.4 is 19.4 Å². The van der Waals surface area contributed by atoms with Crippen molar-refractivity contribution < 1.29 is 4.74 Å². The fraction of sp³-hybridized carbons (Fsp3) is 0.217. The fourth-order valence-electron chi connectivity index (χ4n) is 8.82. The highest BCUT2D eigenvalue weighted by molar-refractivity contribution is 5.83. The SMILES string of the molecule is Cc1ccc2c(c1)C(C)(C)c1cc(Cc3ccc4c(c3)Oc3ccccc3N4C)ccc1N2CC1(C)c2ccccc2N(C)c2ccccc21. The zero-order valence-corrected chi connectivity index (χ0v) is 29.8. The van der Waals surface area contributed by atoms with Crippen LogP contribution >= 0.6 is 0 Å². The van der Waals surface area contributed by atoms with E-state index in [2.05, 4.69) is 172 Å². The van der Waals surface area contributed by atoms with Gasteiger partial charge in [0, 0.05) is 54.2 Å². The number of para-hydroxylation sites is 4. The van der Waals surface area contributed by atoms with Gasteiger partial charge >= 0.3 is 0 Å². The quantitative estimate of drug-likeness (QED) is 0.188. The lowest BCUT2D eigenvalue weighted by atomic mass is 9.69. The van der Waals surface area contributed by atoms with Crippen molar-refractivity contribution in [1.82, 2.24) is 0 Å². The number of benzene rings is 6. The van der Waals surface area contributed by atoms with Crippen LogP contribution in [0, 0.1) is 6.92 Å². The van der Waals surface area contributed by atoms with Crippen LogP contribution in [0.1, 0.15) is 59.7 Å². The molecule has 0 fully saturated rings. The molecule has 50 heavy (non-hydrogen) atoms. The summed E-state index contributed by atoms with van der Waals surface area (Å²) >= 11 is 0. The molecule has 0 atom stereocenters. The van der Waals surface area contributed by atoms with Crippen molar-refractivity contribution in [3.05, 3.63) is 166 Å². The molecule has 0 amide bonds. The van der Waals surface area contributed by atoms with Crippen LogP contribution in [0.25, 0.3) is 0 Å². The number of ether oxygens (including phenoxy) is 1. The summed E-state index contributed by atoms with van der Waals surface area (Å²) in [5, 5.41) is 0. The van der Waals surface area contributed by atoms with E-state index in [1.54, 1.807) is 0 Å². The summed E-state index contributed by atoms with van der Waals surface area (Å²) in [4.78, 5) is 7.18. The Kier molecular flexibility index (Phi) is 6.73. The number of anilines is 6. The van der Waals surface area contributed by atoms with Gasteiger partial charge in [0.05, 0.1) is 11.4 Å². The van der Waals surface area contributed by atoms with Gasteiger partial charge < -0.3 is 19.4 Å². The summed E-state index contributed by atoms with van der Waals surface area (Å²) in [5.41, 5.74) is 16.2. The van der Waals surface area contributed by atoms with E-state index in [4.69, 9.17) is 4.74 Å². The lowest BCUT2D eigenvalue weighted by Crippen LogP contribution is -2.44. The van der Waals surface area contributed by atoms with E-state index in [0.717, 1.165) is 35.8 Å². The molecule has 0 N–H and O–H groups in total. The minimum Gasteiger partial charge on any atom is -0.453 e. The molecule has 248 valence electrons. The third kappa shape index (κ3) is 4.51. The molecule has 0 radical (unpaired) electrons. The van der Waals surface area contributed by atoms with Gasteiger partial charge in [-0.3, -0.25) is 0 Å². The predicted octanol–water partition coefficient (Wildman–Crippen LogP) is 11.3. The maximum absolute atomic E-state index is 6.40.